The highest BCUT2D eigenvalue weighted by Gasteiger charge is 2.31. The van der Waals surface area contributed by atoms with Gasteiger partial charge in [-0.25, -0.2) is 20.1 Å². The number of rotatable bonds is 5. The summed E-state index contributed by atoms with van der Waals surface area (Å²) in [7, 11) is 1.47. The number of carbonyl (C=O) groups excluding carboxylic acids is 2. The summed E-state index contributed by atoms with van der Waals surface area (Å²) in [5.74, 6) is -0.147. The number of aryl methyl sites for hydroxylation is 1. The Hall–Kier alpha value is -4.82. The third-order valence-electron chi connectivity index (χ3n) is 5.99. The molecule has 4 aromatic rings. The molecular weight excluding hydrogens is 460 g/mol. The highest BCUT2D eigenvalue weighted by molar-refractivity contribution is 6.45. The van der Waals surface area contributed by atoms with Gasteiger partial charge >= 0.3 is 5.91 Å². The second-order valence-electron chi connectivity index (χ2n) is 8.17. The molecule has 1 aliphatic rings. The van der Waals surface area contributed by atoms with Crippen molar-refractivity contribution < 1.29 is 14.3 Å². The number of nitrogens with zero attached hydrogens (tertiary/aromatic N) is 6. The van der Waals surface area contributed by atoms with Crippen LogP contribution in [0.15, 0.2) is 54.6 Å². The smallest absolute Gasteiger partial charge is 0.309 e. The van der Waals surface area contributed by atoms with Gasteiger partial charge in [-0.1, -0.05) is 30.3 Å². The van der Waals surface area contributed by atoms with Crippen LogP contribution in [0.1, 0.15) is 28.2 Å². The van der Waals surface area contributed by atoms with E-state index in [9.17, 15) is 14.9 Å². The number of amides is 1. The van der Waals surface area contributed by atoms with Gasteiger partial charge in [0, 0.05) is 12.7 Å². The van der Waals surface area contributed by atoms with E-state index in [0.29, 0.717) is 46.8 Å². The zero-order valence-electron chi connectivity index (χ0n) is 19.6. The molecule has 3 aromatic heterocycles. The zero-order chi connectivity index (χ0) is 25.2. The van der Waals surface area contributed by atoms with E-state index >= 15 is 0 Å². The third kappa shape index (κ3) is 3.99. The molecule has 5 rings (SSSR count). The summed E-state index contributed by atoms with van der Waals surface area (Å²) in [5, 5.41) is 15.7. The van der Waals surface area contributed by atoms with Crippen LogP contribution in [0.25, 0.3) is 22.3 Å². The van der Waals surface area contributed by atoms with E-state index in [2.05, 4.69) is 31.5 Å². The lowest BCUT2D eigenvalue weighted by Crippen LogP contribution is -2.50. The third-order valence-corrected chi connectivity index (χ3v) is 5.99. The van der Waals surface area contributed by atoms with E-state index in [1.165, 1.54) is 35.5 Å². The SMILES string of the molecule is COc1cnc(-n2cnc(C)n2)c2[nH]cc(C(=O)C(=O)N3C/C(=C(\C#N)c4ccccc4)CCN3)c12. The van der Waals surface area contributed by atoms with E-state index in [1.807, 2.05) is 30.3 Å². The summed E-state index contributed by atoms with van der Waals surface area (Å²) in [4.78, 5) is 38.3. The summed E-state index contributed by atoms with van der Waals surface area (Å²) in [6, 6.07) is 11.5. The molecule has 0 atom stereocenters. The van der Waals surface area contributed by atoms with Gasteiger partial charge in [0.2, 0.25) is 0 Å². The van der Waals surface area contributed by atoms with Gasteiger partial charge in [0.1, 0.15) is 17.9 Å². The molecule has 1 saturated heterocycles. The van der Waals surface area contributed by atoms with E-state index in [4.69, 9.17) is 4.74 Å². The number of pyridine rings is 1. The molecule has 1 aliphatic heterocycles. The lowest BCUT2D eigenvalue weighted by molar-refractivity contribution is -0.129. The summed E-state index contributed by atoms with van der Waals surface area (Å²) in [6.45, 7) is 2.29. The van der Waals surface area contributed by atoms with Gasteiger partial charge in [0.05, 0.1) is 48.0 Å². The Balaban J connectivity index is 1.49. The van der Waals surface area contributed by atoms with Crippen molar-refractivity contribution in [3.8, 4) is 17.6 Å². The predicted molar refractivity (Wildman–Crippen MR) is 130 cm³/mol. The Morgan fingerprint density at radius 3 is 2.69 bits per heavy atom. The number of methoxy groups -OCH3 is 1. The minimum Gasteiger partial charge on any atom is -0.494 e. The normalized spacial score (nSPS) is 15.0. The fraction of sp³-hybridized carbons (Fsp3) is 0.200. The average Bonchev–Trinajstić information content (AvgIpc) is 3.55. The monoisotopic (exact) mass is 482 g/mol. The molecule has 1 fully saturated rings. The number of hydrogen-bond acceptors (Lipinski definition) is 8. The number of carbonyl (C=O) groups is 2. The first-order chi connectivity index (χ1) is 17.5. The van der Waals surface area contributed by atoms with Gasteiger partial charge in [0.15, 0.2) is 5.82 Å². The number of nitrogens with one attached hydrogen (secondary N) is 2. The Morgan fingerprint density at radius 2 is 2.00 bits per heavy atom. The number of allylic oxidation sites excluding steroid dienone is 1. The Kier molecular flexibility index (Phi) is 6.02. The van der Waals surface area contributed by atoms with Crippen LogP contribution >= 0.6 is 0 Å². The van der Waals surface area contributed by atoms with Crippen LogP contribution in [0, 0.1) is 18.3 Å². The Morgan fingerprint density at radius 1 is 1.19 bits per heavy atom. The molecule has 1 aromatic carbocycles. The number of aromatic nitrogens is 5. The summed E-state index contributed by atoms with van der Waals surface area (Å²) < 4.78 is 6.93. The number of benzene rings is 1. The van der Waals surface area contributed by atoms with Crippen molar-refractivity contribution >= 4 is 28.2 Å². The number of hydrogen-bond donors (Lipinski definition) is 2. The molecule has 36 heavy (non-hydrogen) atoms. The summed E-state index contributed by atoms with van der Waals surface area (Å²) in [6.07, 6.45) is 5.04. The summed E-state index contributed by atoms with van der Waals surface area (Å²) >= 11 is 0. The highest BCUT2D eigenvalue weighted by atomic mass is 16.5. The van der Waals surface area contributed by atoms with Gasteiger partial charge in [-0.2, -0.15) is 10.4 Å². The second-order valence-corrected chi connectivity index (χ2v) is 8.17. The fourth-order valence-electron chi connectivity index (χ4n) is 4.27. The zero-order valence-corrected chi connectivity index (χ0v) is 19.6. The number of hydrazine groups is 1. The molecule has 0 aliphatic carbocycles. The molecule has 0 unspecified atom stereocenters. The van der Waals surface area contributed by atoms with Crippen molar-refractivity contribution in [1.29, 1.82) is 5.26 Å². The molecule has 0 bridgehead atoms. The number of nitriles is 1. The van der Waals surface area contributed by atoms with Crippen molar-refractivity contribution in [3.05, 3.63) is 71.6 Å². The lowest BCUT2D eigenvalue weighted by Gasteiger charge is -2.29. The number of H-pyrrole nitrogens is 1. The van der Waals surface area contributed by atoms with E-state index in [1.54, 1.807) is 6.92 Å². The quantitative estimate of drug-likeness (QED) is 0.251. The summed E-state index contributed by atoms with van der Waals surface area (Å²) in [5.41, 5.74) is 5.69. The molecule has 11 heteroatoms. The van der Waals surface area contributed by atoms with Crippen molar-refractivity contribution in [2.24, 2.45) is 0 Å². The van der Waals surface area contributed by atoms with Crippen molar-refractivity contribution in [1.82, 2.24) is 35.2 Å². The van der Waals surface area contributed by atoms with Crippen LogP contribution in [-0.2, 0) is 4.79 Å². The van der Waals surface area contributed by atoms with Gasteiger partial charge < -0.3 is 9.72 Å². The fourth-order valence-corrected chi connectivity index (χ4v) is 4.27. The number of ether oxygens (including phenoxy) is 1. The van der Waals surface area contributed by atoms with Crippen LogP contribution in [0.2, 0.25) is 0 Å². The topological polar surface area (TPSA) is 142 Å². The molecule has 180 valence electrons. The molecule has 0 radical (unpaired) electrons. The lowest BCUT2D eigenvalue weighted by atomic mass is 9.97. The van der Waals surface area contributed by atoms with Crippen LogP contribution in [0.3, 0.4) is 0 Å². The largest absolute Gasteiger partial charge is 0.494 e. The maximum absolute atomic E-state index is 13.4. The maximum atomic E-state index is 13.4. The molecule has 2 N–H and O–H groups in total. The Labute approximate surface area is 206 Å². The maximum Gasteiger partial charge on any atom is 0.309 e. The average molecular weight is 483 g/mol. The Bertz CT molecular complexity index is 1540. The van der Waals surface area contributed by atoms with Gasteiger partial charge in [-0.3, -0.25) is 14.6 Å². The van der Waals surface area contributed by atoms with Crippen LogP contribution < -0.4 is 10.2 Å². The van der Waals surface area contributed by atoms with E-state index in [-0.39, 0.29) is 12.1 Å². The second kappa shape index (κ2) is 9.44. The van der Waals surface area contributed by atoms with Crippen molar-refractivity contribution in [3.63, 3.8) is 0 Å². The first-order valence-electron chi connectivity index (χ1n) is 11.2. The number of aromatic amines is 1. The minimum absolute atomic E-state index is 0.118. The number of Topliss-reactive ketones (excluding diaryl/α,β-unsaturated/α-hetero) is 1. The van der Waals surface area contributed by atoms with Crippen molar-refractivity contribution in [2.75, 3.05) is 20.2 Å². The number of ketones is 1. The first-order valence-corrected chi connectivity index (χ1v) is 11.2. The standard InChI is InChI=1S/C25H22N8O3/c1-15-29-14-33(31-15)24-22-21(20(36-2)12-28-24)19(11-27-22)23(34)25(35)32-13-17(8-9-30-32)18(10-26)16-6-4-3-5-7-16/h3-7,11-12,14,27,30H,8-9,13H2,1-2H3/b18-17+. The molecule has 1 amide bonds. The van der Waals surface area contributed by atoms with Gasteiger partial charge in [-0.15, -0.1) is 0 Å². The van der Waals surface area contributed by atoms with E-state index in [0.717, 1.165) is 11.1 Å². The molecule has 11 nitrogen and oxygen atoms in total. The highest BCUT2D eigenvalue weighted by Crippen LogP contribution is 2.32. The van der Waals surface area contributed by atoms with Crippen LogP contribution in [0.4, 0.5) is 0 Å². The van der Waals surface area contributed by atoms with Crippen LogP contribution in [0.5, 0.6) is 5.75 Å². The van der Waals surface area contributed by atoms with Gasteiger partial charge in [-0.05, 0) is 24.5 Å². The number of fused-ring (bicyclic) bond motifs is 1. The van der Waals surface area contributed by atoms with Gasteiger partial charge in [0.25, 0.3) is 5.78 Å². The van der Waals surface area contributed by atoms with Crippen LogP contribution in [-0.4, -0.2) is 61.6 Å². The molecule has 4 heterocycles. The van der Waals surface area contributed by atoms with Crippen molar-refractivity contribution in [2.45, 2.75) is 13.3 Å². The molecule has 0 spiro atoms. The van der Waals surface area contributed by atoms with E-state index < -0.39 is 11.7 Å². The molecular formula is C25H22N8O3. The predicted octanol–water partition coefficient (Wildman–Crippen LogP) is 2.36. The molecule has 0 saturated carbocycles. The minimum atomic E-state index is -0.740. The first kappa shape index (κ1) is 22.9.